The lowest BCUT2D eigenvalue weighted by Gasteiger charge is -2.38. The number of allylic oxidation sites excluding steroid dienone is 2. The van der Waals surface area contributed by atoms with E-state index in [1.807, 2.05) is 25.1 Å². The fraction of sp³-hybridized carbons (Fsp3) is 0.250. The minimum Gasteiger partial charge on any atom is -0.478 e. The number of anilines is 1. The van der Waals surface area contributed by atoms with Crippen LogP contribution in [0.15, 0.2) is 48.6 Å². The van der Waals surface area contributed by atoms with E-state index in [1.54, 1.807) is 12.1 Å². The second-order valence-corrected chi connectivity index (χ2v) is 6.95. The number of carboxylic acids is 1. The highest BCUT2D eigenvalue weighted by Gasteiger charge is 2.38. The SMILES string of the molecule is Cc1c(Cl)ccc2c1N[C@H](c1ccc(C(=O)O)cc1)[C@@H]1CC=C[C@@H]21. The Hall–Kier alpha value is -2.26. The third kappa shape index (κ3) is 2.31. The molecule has 0 amide bonds. The highest BCUT2D eigenvalue weighted by Crippen LogP contribution is 2.51. The van der Waals surface area contributed by atoms with Crippen molar-refractivity contribution < 1.29 is 9.90 Å². The van der Waals surface area contributed by atoms with Crippen molar-refractivity contribution in [2.24, 2.45) is 5.92 Å². The molecule has 3 atom stereocenters. The number of carboxylic acid groups (broad SMARTS) is 1. The molecule has 1 aliphatic carbocycles. The van der Waals surface area contributed by atoms with Crippen LogP contribution < -0.4 is 5.32 Å². The molecule has 2 aromatic rings. The molecule has 0 bridgehead atoms. The van der Waals surface area contributed by atoms with E-state index < -0.39 is 5.97 Å². The van der Waals surface area contributed by atoms with Gasteiger partial charge in [-0.1, -0.05) is 42.0 Å². The van der Waals surface area contributed by atoms with E-state index in [4.69, 9.17) is 16.7 Å². The lowest BCUT2D eigenvalue weighted by molar-refractivity contribution is 0.0697. The molecule has 0 fully saturated rings. The molecule has 0 unspecified atom stereocenters. The molecule has 0 spiro atoms. The molecular formula is C20H18ClNO2. The summed E-state index contributed by atoms with van der Waals surface area (Å²) in [6, 6.07) is 11.4. The summed E-state index contributed by atoms with van der Waals surface area (Å²) in [5.41, 5.74) is 4.91. The number of hydrogen-bond donors (Lipinski definition) is 2. The Morgan fingerprint density at radius 2 is 1.96 bits per heavy atom. The summed E-state index contributed by atoms with van der Waals surface area (Å²) in [5, 5.41) is 13.5. The van der Waals surface area contributed by atoms with Crippen LogP contribution in [0.5, 0.6) is 0 Å². The van der Waals surface area contributed by atoms with Crippen LogP contribution in [0, 0.1) is 12.8 Å². The number of nitrogens with one attached hydrogen (secondary N) is 1. The highest BCUT2D eigenvalue weighted by atomic mass is 35.5. The molecule has 0 saturated heterocycles. The number of benzene rings is 2. The Morgan fingerprint density at radius 1 is 1.21 bits per heavy atom. The number of rotatable bonds is 2. The van der Waals surface area contributed by atoms with Crippen LogP contribution >= 0.6 is 11.6 Å². The van der Waals surface area contributed by atoms with Gasteiger partial charge in [0.1, 0.15) is 0 Å². The Balaban J connectivity index is 1.77. The van der Waals surface area contributed by atoms with E-state index in [9.17, 15) is 4.79 Å². The monoisotopic (exact) mass is 339 g/mol. The van der Waals surface area contributed by atoms with E-state index in [2.05, 4.69) is 23.5 Å². The lowest BCUT2D eigenvalue weighted by Crippen LogP contribution is -2.29. The van der Waals surface area contributed by atoms with Gasteiger partial charge >= 0.3 is 5.97 Å². The van der Waals surface area contributed by atoms with Crippen LogP contribution in [0.4, 0.5) is 5.69 Å². The van der Waals surface area contributed by atoms with Gasteiger partial charge in [0.05, 0.1) is 11.6 Å². The first kappa shape index (κ1) is 15.3. The van der Waals surface area contributed by atoms with Crippen molar-refractivity contribution in [3.63, 3.8) is 0 Å². The summed E-state index contributed by atoms with van der Waals surface area (Å²) in [6.45, 7) is 2.04. The average Bonchev–Trinajstić information content (AvgIpc) is 3.07. The van der Waals surface area contributed by atoms with Crippen LogP contribution in [-0.2, 0) is 0 Å². The largest absolute Gasteiger partial charge is 0.478 e. The average molecular weight is 340 g/mol. The van der Waals surface area contributed by atoms with Crippen LogP contribution in [0.25, 0.3) is 0 Å². The standard InChI is InChI=1S/C20H18ClNO2/c1-11-17(21)10-9-16-14-3-2-4-15(14)19(22-18(11)16)12-5-7-13(8-6-12)20(23)24/h2-3,5-10,14-15,19,22H,4H2,1H3,(H,23,24)/t14-,15-,19-/m1/s1. The smallest absolute Gasteiger partial charge is 0.335 e. The predicted octanol–water partition coefficient (Wildman–Crippen LogP) is 5.17. The summed E-state index contributed by atoms with van der Waals surface area (Å²) in [7, 11) is 0. The minimum absolute atomic E-state index is 0.150. The molecule has 2 aliphatic rings. The van der Waals surface area contributed by atoms with E-state index >= 15 is 0 Å². The number of halogens is 1. The molecular weight excluding hydrogens is 322 g/mol. The number of aromatic carboxylic acids is 1. The van der Waals surface area contributed by atoms with Gasteiger partial charge in [0, 0.05) is 16.6 Å². The van der Waals surface area contributed by atoms with Crippen molar-refractivity contribution in [2.45, 2.75) is 25.3 Å². The molecule has 3 nitrogen and oxygen atoms in total. The van der Waals surface area contributed by atoms with Gasteiger partial charge in [-0.25, -0.2) is 4.79 Å². The third-order valence-electron chi connectivity index (χ3n) is 5.25. The van der Waals surface area contributed by atoms with E-state index in [0.717, 1.165) is 28.3 Å². The van der Waals surface area contributed by atoms with Gasteiger partial charge in [0.2, 0.25) is 0 Å². The molecule has 122 valence electrons. The van der Waals surface area contributed by atoms with Gasteiger partial charge in [0.25, 0.3) is 0 Å². The predicted molar refractivity (Wildman–Crippen MR) is 95.9 cm³/mol. The van der Waals surface area contributed by atoms with Gasteiger partial charge in [0.15, 0.2) is 0 Å². The summed E-state index contributed by atoms with van der Waals surface area (Å²) >= 11 is 6.31. The lowest BCUT2D eigenvalue weighted by atomic mass is 9.76. The first-order chi connectivity index (χ1) is 11.6. The minimum atomic E-state index is -0.897. The molecule has 1 heterocycles. The fourth-order valence-corrected chi connectivity index (χ4v) is 4.11. The normalized spacial score (nSPS) is 24.2. The van der Waals surface area contributed by atoms with Crippen LogP contribution in [0.1, 0.15) is 45.4 Å². The number of carbonyl (C=O) groups is 1. The first-order valence-corrected chi connectivity index (χ1v) is 8.49. The van der Waals surface area contributed by atoms with Crippen molar-refractivity contribution >= 4 is 23.3 Å². The van der Waals surface area contributed by atoms with Gasteiger partial charge in [-0.2, -0.15) is 0 Å². The van der Waals surface area contributed by atoms with Gasteiger partial charge in [-0.05, 0) is 54.2 Å². The topological polar surface area (TPSA) is 49.3 Å². The maximum absolute atomic E-state index is 11.1. The van der Waals surface area contributed by atoms with E-state index in [0.29, 0.717) is 17.4 Å². The molecule has 1 aliphatic heterocycles. The summed E-state index contributed by atoms with van der Waals surface area (Å²) in [4.78, 5) is 11.1. The van der Waals surface area contributed by atoms with E-state index in [-0.39, 0.29) is 6.04 Å². The molecule has 0 saturated carbocycles. The number of hydrogen-bond acceptors (Lipinski definition) is 2. The fourth-order valence-electron chi connectivity index (χ4n) is 3.95. The Kier molecular flexibility index (Phi) is 3.61. The summed E-state index contributed by atoms with van der Waals surface area (Å²) in [6.07, 6.45) is 5.55. The maximum Gasteiger partial charge on any atom is 0.335 e. The molecule has 0 radical (unpaired) electrons. The summed E-state index contributed by atoms with van der Waals surface area (Å²) < 4.78 is 0. The first-order valence-electron chi connectivity index (χ1n) is 8.11. The van der Waals surface area contributed by atoms with Gasteiger partial charge < -0.3 is 10.4 Å². The van der Waals surface area contributed by atoms with Crippen LogP contribution in [-0.4, -0.2) is 11.1 Å². The quantitative estimate of drug-likeness (QED) is 0.742. The van der Waals surface area contributed by atoms with Crippen LogP contribution in [0.2, 0.25) is 5.02 Å². The molecule has 4 rings (SSSR count). The zero-order valence-electron chi connectivity index (χ0n) is 13.3. The van der Waals surface area contributed by atoms with Crippen molar-refractivity contribution in [3.8, 4) is 0 Å². The Bertz CT molecular complexity index is 841. The van der Waals surface area contributed by atoms with Crippen molar-refractivity contribution in [1.82, 2.24) is 0 Å². The maximum atomic E-state index is 11.1. The van der Waals surface area contributed by atoms with Crippen LogP contribution in [0.3, 0.4) is 0 Å². The molecule has 4 heteroatoms. The van der Waals surface area contributed by atoms with Gasteiger partial charge in [-0.3, -0.25) is 0 Å². The molecule has 0 aromatic heterocycles. The molecule has 2 aromatic carbocycles. The van der Waals surface area contributed by atoms with Crippen molar-refractivity contribution in [1.29, 1.82) is 0 Å². The number of fused-ring (bicyclic) bond motifs is 3. The molecule has 24 heavy (non-hydrogen) atoms. The zero-order valence-corrected chi connectivity index (χ0v) is 14.0. The second kappa shape index (κ2) is 5.67. The van der Waals surface area contributed by atoms with E-state index in [1.165, 1.54) is 5.56 Å². The van der Waals surface area contributed by atoms with Gasteiger partial charge in [-0.15, -0.1) is 0 Å². The Morgan fingerprint density at radius 3 is 2.67 bits per heavy atom. The molecule has 2 N–H and O–H groups in total. The Labute approximate surface area is 146 Å². The highest BCUT2D eigenvalue weighted by molar-refractivity contribution is 6.31. The van der Waals surface area contributed by atoms with Crippen molar-refractivity contribution in [2.75, 3.05) is 5.32 Å². The third-order valence-corrected chi connectivity index (χ3v) is 5.66. The second-order valence-electron chi connectivity index (χ2n) is 6.54. The van der Waals surface area contributed by atoms with Crippen molar-refractivity contribution in [3.05, 3.63) is 75.8 Å². The summed E-state index contributed by atoms with van der Waals surface area (Å²) in [5.74, 6) is -0.0818. The zero-order chi connectivity index (χ0) is 16.8.